The monoisotopic (exact) mass is 247 g/mol. The Kier molecular flexibility index (Phi) is 3.27. The van der Waals surface area contributed by atoms with E-state index in [1.807, 2.05) is 0 Å². The molecule has 0 unspecified atom stereocenters. The van der Waals surface area contributed by atoms with Gasteiger partial charge in [-0.25, -0.2) is 4.79 Å². The Morgan fingerprint density at radius 1 is 1.50 bits per heavy atom. The lowest BCUT2D eigenvalue weighted by molar-refractivity contribution is 0.0696. The summed E-state index contributed by atoms with van der Waals surface area (Å²) >= 11 is 0. The van der Waals surface area contributed by atoms with Crippen LogP contribution in [0.3, 0.4) is 0 Å². The van der Waals surface area contributed by atoms with Gasteiger partial charge in [-0.05, 0) is 30.7 Å². The number of aromatic carboxylic acids is 1. The summed E-state index contributed by atoms with van der Waals surface area (Å²) in [5, 5.41) is 16.5. The van der Waals surface area contributed by atoms with Crippen LogP contribution in [-0.2, 0) is 13.7 Å². The zero-order valence-corrected chi connectivity index (χ0v) is 10.1. The van der Waals surface area contributed by atoms with Crippen LogP contribution < -0.4 is 4.74 Å². The molecule has 1 heterocycles. The van der Waals surface area contributed by atoms with E-state index in [0.717, 1.165) is 11.3 Å². The lowest BCUT2D eigenvalue weighted by Crippen LogP contribution is -2.00. The van der Waals surface area contributed by atoms with Crippen molar-refractivity contribution >= 4 is 5.97 Å². The molecule has 0 saturated carbocycles. The molecule has 1 aromatic heterocycles. The molecule has 0 aliphatic carbocycles. The average molecular weight is 247 g/mol. The first-order valence-electron chi connectivity index (χ1n) is 5.38. The molecule has 0 aliphatic heterocycles. The average Bonchev–Trinajstić information content (AvgIpc) is 2.73. The van der Waals surface area contributed by atoms with E-state index in [2.05, 4.69) is 10.3 Å². The predicted octanol–water partition coefficient (Wildman–Crippen LogP) is 1.40. The molecule has 18 heavy (non-hydrogen) atoms. The van der Waals surface area contributed by atoms with Gasteiger partial charge in [-0.3, -0.25) is 4.68 Å². The number of nitrogens with zero attached hydrogens (tertiary/aromatic N) is 3. The quantitative estimate of drug-likeness (QED) is 0.883. The van der Waals surface area contributed by atoms with E-state index in [9.17, 15) is 4.79 Å². The van der Waals surface area contributed by atoms with Gasteiger partial charge in [-0.1, -0.05) is 5.21 Å². The van der Waals surface area contributed by atoms with Gasteiger partial charge in [-0.15, -0.1) is 5.10 Å². The minimum atomic E-state index is -0.946. The molecule has 0 amide bonds. The highest BCUT2D eigenvalue weighted by Gasteiger charge is 2.07. The van der Waals surface area contributed by atoms with Crippen molar-refractivity contribution in [2.24, 2.45) is 7.05 Å². The van der Waals surface area contributed by atoms with Gasteiger partial charge in [-0.2, -0.15) is 0 Å². The molecule has 6 heteroatoms. The van der Waals surface area contributed by atoms with Gasteiger partial charge < -0.3 is 9.84 Å². The molecule has 0 bridgehead atoms. The Hall–Kier alpha value is -2.37. The highest BCUT2D eigenvalue weighted by Crippen LogP contribution is 2.20. The minimum absolute atomic E-state index is 0.249. The summed E-state index contributed by atoms with van der Waals surface area (Å²) in [4.78, 5) is 10.8. The second kappa shape index (κ2) is 4.87. The highest BCUT2D eigenvalue weighted by molar-refractivity contribution is 5.88. The molecule has 0 spiro atoms. The van der Waals surface area contributed by atoms with Crippen molar-refractivity contribution in [3.05, 3.63) is 41.2 Å². The van der Waals surface area contributed by atoms with E-state index in [4.69, 9.17) is 9.84 Å². The molecule has 0 saturated heterocycles. The third-order valence-electron chi connectivity index (χ3n) is 2.45. The van der Waals surface area contributed by atoms with Crippen molar-refractivity contribution in [1.82, 2.24) is 15.0 Å². The molecular formula is C12H13N3O3. The van der Waals surface area contributed by atoms with E-state index in [0.29, 0.717) is 12.4 Å². The maximum absolute atomic E-state index is 10.8. The Labute approximate surface area is 104 Å². The number of ether oxygens (including phenoxy) is 1. The number of aromatic nitrogens is 3. The third-order valence-corrected chi connectivity index (χ3v) is 2.45. The van der Waals surface area contributed by atoms with E-state index >= 15 is 0 Å². The van der Waals surface area contributed by atoms with Crippen LogP contribution >= 0.6 is 0 Å². The van der Waals surface area contributed by atoms with Crippen LogP contribution in [0.5, 0.6) is 5.75 Å². The molecule has 1 aromatic carbocycles. The molecule has 0 fully saturated rings. The predicted molar refractivity (Wildman–Crippen MR) is 63.5 cm³/mol. The van der Waals surface area contributed by atoms with Crippen LogP contribution in [0.25, 0.3) is 0 Å². The topological polar surface area (TPSA) is 77.2 Å². The second-order valence-corrected chi connectivity index (χ2v) is 3.96. The number of hydrogen-bond acceptors (Lipinski definition) is 4. The zero-order chi connectivity index (χ0) is 13.1. The van der Waals surface area contributed by atoms with Crippen LogP contribution in [-0.4, -0.2) is 26.1 Å². The van der Waals surface area contributed by atoms with Crippen LogP contribution in [0.1, 0.15) is 21.6 Å². The van der Waals surface area contributed by atoms with Crippen molar-refractivity contribution in [3.63, 3.8) is 0 Å². The summed E-state index contributed by atoms with van der Waals surface area (Å²) in [5.74, 6) is -0.302. The van der Waals surface area contributed by atoms with Gasteiger partial charge in [0.1, 0.15) is 18.1 Å². The van der Waals surface area contributed by atoms with E-state index < -0.39 is 5.97 Å². The van der Waals surface area contributed by atoms with Crippen LogP contribution in [0.4, 0.5) is 0 Å². The normalized spacial score (nSPS) is 10.3. The van der Waals surface area contributed by atoms with Crippen LogP contribution in [0, 0.1) is 6.92 Å². The molecule has 0 atom stereocenters. The summed E-state index contributed by atoms with van der Waals surface area (Å²) in [6.07, 6.45) is 1.76. The van der Waals surface area contributed by atoms with Gasteiger partial charge in [0.15, 0.2) is 0 Å². The lowest BCUT2D eigenvalue weighted by Gasteiger charge is -2.07. The number of rotatable bonds is 4. The highest BCUT2D eigenvalue weighted by atomic mass is 16.5. The Morgan fingerprint density at radius 2 is 2.28 bits per heavy atom. The Balaban J connectivity index is 2.08. The SMILES string of the molecule is Cc1cc(C(=O)O)ccc1OCc1cn(C)nn1. The molecule has 94 valence electrons. The number of carboxylic acids is 1. The summed E-state index contributed by atoms with van der Waals surface area (Å²) < 4.78 is 7.16. The Bertz CT molecular complexity index is 578. The standard InChI is InChI=1S/C12H13N3O3/c1-8-5-9(12(16)17)3-4-11(8)18-7-10-6-15(2)14-13-10/h3-6H,7H2,1-2H3,(H,16,17). The summed E-state index contributed by atoms with van der Waals surface area (Å²) in [6, 6.07) is 4.74. The maximum Gasteiger partial charge on any atom is 0.335 e. The summed E-state index contributed by atoms with van der Waals surface area (Å²) in [7, 11) is 1.78. The molecule has 2 rings (SSSR count). The summed E-state index contributed by atoms with van der Waals surface area (Å²) in [6.45, 7) is 2.11. The largest absolute Gasteiger partial charge is 0.487 e. The van der Waals surface area contributed by atoms with Gasteiger partial charge in [0.25, 0.3) is 0 Å². The molecule has 2 aromatic rings. The Morgan fingerprint density at radius 3 is 2.83 bits per heavy atom. The minimum Gasteiger partial charge on any atom is -0.487 e. The molecule has 0 radical (unpaired) electrons. The molecule has 0 aliphatic rings. The summed E-state index contributed by atoms with van der Waals surface area (Å²) in [5.41, 5.74) is 1.75. The first-order valence-corrected chi connectivity index (χ1v) is 5.38. The fourth-order valence-corrected chi connectivity index (χ4v) is 1.56. The second-order valence-electron chi connectivity index (χ2n) is 3.96. The van der Waals surface area contributed by atoms with Gasteiger partial charge in [0.05, 0.1) is 11.8 Å². The van der Waals surface area contributed by atoms with Crippen molar-refractivity contribution in [2.45, 2.75) is 13.5 Å². The first-order chi connectivity index (χ1) is 8.56. The maximum atomic E-state index is 10.8. The van der Waals surface area contributed by atoms with Gasteiger partial charge in [0, 0.05) is 7.05 Å². The van der Waals surface area contributed by atoms with Crippen molar-refractivity contribution in [1.29, 1.82) is 0 Å². The number of aryl methyl sites for hydroxylation is 2. The van der Waals surface area contributed by atoms with Gasteiger partial charge in [0.2, 0.25) is 0 Å². The number of carbonyl (C=O) groups is 1. The van der Waals surface area contributed by atoms with Crippen molar-refractivity contribution in [2.75, 3.05) is 0 Å². The smallest absolute Gasteiger partial charge is 0.335 e. The fraction of sp³-hybridized carbons (Fsp3) is 0.250. The van der Waals surface area contributed by atoms with E-state index in [-0.39, 0.29) is 5.56 Å². The number of benzene rings is 1. The van der Waals surface area contributed by atoms with Gasteiger partial charge >= 0.3 is 5.97 Å². The third kappa shape index (κ3) is 2.65. The van der Waals surface area contributed by atoms with E-state index in [1.54, 1.807) is 37.0 Å². The van der Waals surface area contributed by atoms with Crippen molar-refractivity contribution < 1.29 is 14.6 Å². The fourth-order valence-electron chi connectivity index (χ4n) is 1.56. The number of hydrogen-bond donors (Lipinski definition) is 1. The molecular weight excluding hydrogens is 234 g/mol. The first kappa shape index (κ1) is 12.1. The van der Waals surface area contributed by atoms with E-state index in [1.165, 1.54) is 6.07 Å². The van der Waals surface area contributed by atoms with Crippen LogP contribution in [0.2, 0.25) is 0 Å². The van der Waals surface area contributed by atoms with Crippen LogP contribution in [0.15, 0.2) is 24.4 Å². The van der Waals surface area contributed by atoms with Crippen molar-refractivity contribution in [3.8, 4) is 5.75 Å². The molecule has 6 nitrogen and oxygen atoms in total. The lowest BCUT2D eigenvalue weighted by atomic mass is 10.1. The zero-order valence-electron chi connectivity index (χ0n) is 10.1. The molecule has 1 N–H and O–H groups in total. The number of carboxylic acid groups (broad SMARTS) is 1.